The molecule has 1 saturated heterocycles. The van der Waals surface area contributed by atoms with Gasteiger partial charge in [0.1, 0.15) is 11.8 Å². The van der Waals surface area contributed by atoms with Crippen LogP contribution < -0.4 is 0 Å². The van der Waals surface area contributed by atoms with Crippen molar-refractivity contribution in [1.29, 1.82) is 5.26 Å². The summed E-state index contributed by atoms with van der Waals surface area (Å²) in [5, 5.41) is 19.8. The molecule has 0 spiro atoms. The van der Waals surface area contributed by atoms with Gasteiger partial charge in [0.15, 0.2) is 0 Å². The van der Waals surface area contributed by atoms with Gasteiger partial charge in [-0.2, -0.15) is 5.26 Å². The summed E-state index contributed by atoms with van der Waals surface area (Å²) in [5.74, 6) is 0.396. The van der Waals surface area contributed by atoms with Gasteiger partial charge in [-0.05, 0) is 25.3 Å². The Bertz CT molecular complexity index is 525. The molecule has 1 saturated carbocycles. The van der Waals surface area contributed by atoms with Crippen LogP contribution in [0, 0.1) is 17.2 Å². The van der Waals surface area contributed by atoms with Crippen molar-refractivity contribution in [1.82, 2.24) is 9.88 Å². The summed E-state index contributed by atoms with van der Waals surface area (Å²) < 4.78 is 0. The van der Waals surface area contributed by atoms with Crippen LogP contribution in [0.3, 0.4) is 0 Å². The monoisotopic (exact) mass is 271 g/mol. The fourth-order valence-electron chi connectivity index (χ4n) is 3.69. The lowest BCUT2D eigenvalue weighted by atomic mass is 9.71. The Hall–Kier alpha value is -1.44. The number of aromatic nitrogens is 1. The smallest absolute Gasteiger partial charge is 0.144 e. The minimum atomic E-state index is -0.429. The van der Waals surface area contributed by atoms with Gasteiger partial charge in [-0.1, -0.05) is 18.9 Å². The summed E-state index contributed by atoms with van der Waals surface area (Å²) in [6.07, 6.45) is 7.01. The standard InChI is InChI=1S/C16H21N3O/c17-10-15-13(4-3-8-18-15)11-19-9-7-16(20)6-2-1-5-14(16)12-19/h3-4,8,14,20H,1-2,5-7,9,11-12H2. The van der Waals surface area contributed by atoms with Gasteiger partial charge in [-0.15, -0.1) is 0 Å². The normalized spacial score (nSPS) is 30.5. The quantitative estimate of drug-likeness (QED) is 0.894. The SMILES string of the molecule is N#Cc1ncccc1CN1CCC2(O)CCCCC2C1. The maximum absolute atomic E-state index is 10.7. The first-order valence-corrected chi connectivity index (χ1v) is 7.50. The molecule has 0 radical (unpaired) electrons. The molecule has 3 rings (SSSR count). The van der Waals surface area contributed by atoms with Crippen LogP contribution in [-0.4, -0.2) is 33.7 Å². The highest BCUT2D eigenvalue weighted by Crippen LogP contribution is 2.40. The molecule has 2 heterocycles. The van der Waals surface area contributed by atoms with E-state index in [1.807, 2.05) is 12.1 Å². The molecule has 106 valence electrons. The number of likely N-dealkylation sites (tertiary alicyclic amines) is 1. The van der Waals surface area contributed by atoms with E-state index in [2.05, 4.69) is 16.0 Å². The molecule has 0 bridgehead atoms. The van der Waals surface area contributed by atoms with Crippen LogP contribution in [0.15, 0.2) is 18.3 Å². The van der Waals surface area contributed by atoms with Gasteiger partial charge in [0.2, 0.25) is 0 Å². The Morgan fingerprint density at radius 1 is 1.45 bits per heavy atom. The molecule has 2 aliphatic rings. The zero-order valence-corrected chi connectivity index (χ0v) is 11.8. The number of hydrogen-bond donors (Lipinski definition) is 1. The summed E-state index contributed by atoms with van der Waals surface area (Å²) in [6, 6.07) is 6.03. The van der Waals surface area contributed by atoms with Gasteiger partial charge >= 0.3 is 0 Å². The first-order valence-electron chi connectivity index (χ1n) is 7.50. The van der Waals surface area contributed by atoms with E-state index < -0.39 is 5.60 Å². The van der Waals surface area contributed by atoms with E-state index in [-0.39, 0.29) is 0 Å². The van der Waals surface area contributed by atoms with Gasteiger partial charge < -0.3 is 5.11 Å². The minimum Gasteiger partial charge on any atom is -0.390 e. The number of fused-ring (bicyclic) bond motifs is 1. The summed E-state index contributed by atoms with van der Waals surface area (Å²) >= 11 is 0. The van der Waals surface area contributed by atoms with E-state index in [0.717, 1.165) is 50.9 Å². The summed E-state index contributed by atoms with van der Waals surface area (Å²) in [6.45, 7) is 2.62. The van der Waals surface area contributed by atoms with E-state index in [4.69, 9.17) is 5.26 Å². The number of rotatable bonds is 2. The lowest BCUT2D eigenvalue weighted by Crippen LogP contribution is -2.53. The molecule has 4 nitrogen and oxygen atoms in total. The summed E-state index contributed by atoms with van der Waals surface area (Å²) in [5.41, 5.74) is 1.09. The molecule has 0 amide bonds. The zero-order valence-electron chi connectivity index (χ0n) is 11.8. The van der Waals surface area contributed by atoms with Crippen molar-refractivity contribution in [2.45, 2.75) is 44.2 Å². The van der Waals surface area contributed by atoms with Crippen molar-refractivity contribution in [3.63, 3.8) is 0 Å². The highest BCUT2D eigenvalue weighted by atomic mass is 16.3. The fraction of sp³-hybridized carbons (Fsp3) is 0.625. The zero-order chi connectivity index (χ0) is 14.0. The minimum absolute atomic E-state index is 0.396. The average Bonchev–Trinajstić information content (AvgIpc) is 2.48. The number of piperidine rings is 1. The summed E-state index contributed by atoms with van der Waals surface area (Å²) in [7, 11) is 0. The van der Waals surface area contributed by atoms with Crippen LogP contribution >= 0.6 is 0 Å². The number of pyridine rings is 1. The van der Waals surface area contributed by atoms with Gasteiger partial charge in [-0.25, -0.2) is 4.98 Å². The molecule has 1 aromatic heterocycles. The van der Waals surface area contributed by atoms with E-state index in [1.54, 1.807) is 6.20 Å². The molecule has 2 fully saturated rings. The van der Waals surface area contributed by atoms with Crippen LogP contribution in [0.25, 0.3) is 0 Å². The predicted molar refractivity (Wildman–Crippen MR) is 75.8 cm³/mol. The van der Waals surface area contributed by atoms with E-state index in [0.29, 0.717) is 11.6 Å². The third kappa shape index (κ3) is 2.56. The van der Waals surface area contributed by atoms with Crippen molar-refractivity contribution >= 4 is 0 Å². The molecule has 1 aliphatic carbocycles. The molecular formula is C16H21N3O. The molecule has 0 aromatic carbocycles. The Balaban J connectivity index is 1.69. The molecule has 20 heavy (non-hydrogen) atoms. The molecule has 1 aliphatic heterocycles. The Morgan fingerprint density at radius 2 is 2.35 bits per heavy atom. The molecule has 4 heteroatoms. The van der Waals surface area contributed by atoms with Crippen molar-refractivity contribution in [3.05, 3.63) is 29.6 Å². The van der Waals surface area contributed by atoms with Crippen molar-refractivity contribution in [2.24, 2.45) is 5.92 Å². The van der Waals surface area contributed by atoms with Crippen LogP contribution in [0.1, 0.15) is 43.4 Å². The molecule has 1 N–H and O–H groups in total. The first-order chi connectivity index (χ1) is 9.71. The molecule has 1 aromatic rings. The second-order valence-corrected chi connectivity index (χ2v) is 6.15. The van der Waals surface area contributed by atoms with Crippen LogP contribution in [0.5, 0.6) is 0 Å². The third-order valence-electron chi connectivity index (χ3n) is 4.90. The first kappa shape index (κ1) is 13.5. The predicted octanol–water partition coefficient (Wildman–Crippen LogP) is 2.08. The number of nitrogens with zero attached hydrogens (tertiary/aromatic N) is 3. The third-order valence-corrected chi connectivity index (χ3v) is 4.90. The Morgan fingerprint density at radius 3 is 3.20 bits per heavy atom. The van der Waals surface area contributed by atoms with Crippen LogP contribution in [0.2, 0.25) is 0 Å². The van der Waals surface area contributed by atoms with Crippen molar-refractivity contribution in [2.75, 3.05) is 13.1 Å². The maximum atomic E-state index is 10.7. The number of hydrogen-bond acceptors (Lipinski definition) is 4. The van der Waals surface area contributed by atoms with Crippen molar-refractivity contribution in [3.8, 4) is 6.07 Å². The van der Waals surface area contributed by atoms with Gasteiger partial charge in [0.25, 0.3) is 0 Å². The maximum Gasteiger partial charge on any atom is 0.144 e. The topological polar surface area (TPSA) is 60.2 Å². The van der Waals surface area contributed by atoms with E-state index in [1.165, 1.54) is 6.42 Å². The number of nitriles is 1. The molecular weight excluding hydrogens is 250 g/mol. The van der Waals surface area contributed by atoms with Gasteiger partial charge in [-0.3, -0.25) is 4.90 Å². The van der Waals surface area contributed by atoms with Crippen LogP contribution in [0.4, 0.5) is 0 Å². The molecule has 2 atom stereocenters. The average molecular weight is 271 g/mol. The molecule has 2 unspecified atom stereocenters. The lowest BCUT2D eigenvalue weighted by molar-refractivity contribution is -0.0968. The van der Waals surface area contributed by atoms with E-state index >= 15 is 0 Å². The second-order valence-electron chi connectivity index (χ2n) is 6.15. The largest absolute Gasteiger partial charge is 0.390 e. The Labute approximate surface area is 120 Å². The number of aliphatic hydroxyl groups is 1. The van der Waals surface area contributed by atoms with Crippen molar-refractivity contribution < 1.29 is 5.11 Å². The summed E-state index contributed by atoms with van der Waals surface area (Å²) in [4.78, 5) is 6.48. The fourth-order valence-corrected chi connectivity index (χ4v) is 3.69. The van der Waals surface area contributed by atoms with Gasteiger partial charge in [0, 0.05) is 37.3 Å². The van der Waals surface area contributed by atoms with Crippen LogP contribution in [-0.2, 0) is 6.54 Å². The second kappa shape index (κ2) is 5.51. The highest BCUT2D eigenvalue weighted by molar-refractivity contribution is 5.30. The Kier molecular flexibility index (Phi) is 3.73. The highest BCUT2D eigenvalue weighted by Gasteiger charge is 2.42. The van der Waals surface area contributed by atoms with E-state index in [9.17, 15) is 5.11 Å². The van der Waals surface area contributed by atoms with Gasteiger partial charge in [0.05, 0.1) is 5.60 Å². The lowest BCUT2D eigenvalue weighted by Gasteiger charge is -2.47.